The van der Waals surface area contributed by atoms with E-state index in [9.17, 15) is 26.4 Å². The number of carbonyl (C=O) groups is 1. The van der Waals surface area contributed by atoms with Crippen LogP contribution < -0.4 is 4.18 Å². The molecular formula is C13H13F3O5S. The summed E-state index contributed by atoms with van der Waals surface area (Å²) in [5, 5.41) is 0. The zero-order chi connectivity index (χ0) is 16.5. The molecule has 0 saturated carbocycles. The maximum absolute atomic E-state index is 12.4. The number of ether oxygens (including phenoxy) is 1. The Morgan fingerprint density at radius 3 is 2.27 bits per heavy atom. The number of halogens is 3. The van der Waals surface area contributed by atoms with Crippen LogP contribution in [0.2, 0.25) is 0 Å². The molecule has 22 heavy (non-hydrogen) atoms. The maximum atomic E-state index is 12.4. The van der Waals surface area contributed by atoms with Crippen LogP contribution in [0, 0.1) is 0 Å². The lowest BCUT2D eigenvalue weighted by atomic mass is 9.87. The molecule has 0 saturated heterocycles. The van der Waals surface area contributed by atoms with E-state index in [0.717, 1.165) is 12.5 Å². The fraction of sp³-hybridized carbons (Fsp3) is 0.462. The second-order valence-electron chi connectivity index (χ2n) is 4.75. The molecule has 0 bridgehead atoms. The Balaban J connectivity index is 2.49. The molecule has 0 N–H and O–H groups in total. The van der Waals surface area contributed by atoms with Gasteiger partial charge in [-0.15, -0.1) is 0 Å². The summed E-state index contributed by atoms with van der Waals surface area (Å²) < 4.78 is 68.4. The number of alkyl halides is 3. The monoisotopic (exact) mass is 338 g/mol. The van der Waals surface area contributed by atoms with Crippen LogP contribution in [0.3, 0.4) is 0 Å². The SMILES string of the molecule is COC(=O)c1ccc(OS(=O)(=O)C(F)(F)F)c2c1CCCC2. The van der Waals surface area contributed by atoms with Crippen molar-refractivity contribution < 1.29 is 35.3 Å². The van der Waals surface area contributed by atoms with Gasteiger partial charge in [-0.1, -0.05) is 0 Å². The third-order valence-corrected chi connectivity index (χ3v) is 4.35. The van der Waals surface area contributed by atoms with Crippen LogP contribution in [0.1, 0.15) is 34.3 Å². The number of hydrogen-bond donors (Lipinski definition) is 0. The normalized spacial score (nSPS) is 15.1. The Morgan fingerprint density at radius 2 is 1.73 bits per heavy atom. The van der Waals surface area contributed by atoms with E-state index in [1.54, 1.807) is 0 Å². The maximum Gasteiger partial charge on any atom is 0.534 e. The van der Waals surface area contributed by atoms with Crippen molar-refractivity contribution in [1.29, 1.82) is 0 Å². The number of rotatable bonds is 3. The number of carbonyl (C=O) groups excluding carboxylic acids is 1. The van der Waals surface area contributed by atoms with Crippen LogP contribution in [0.4, 0.5) is 13.2 Å². The van der Waals surface area contributed by atoms with E-state index in [0.29, 0.717) is 30.4 Å². The lowest BCUT2D eigenvalue weighted by Gasteiger charge is -2.21. The first-order valence-electron chi connectivity index (χ1n) is 6.41. The zero-order valence-electron chi connectivity index (χ0n) is 11.6. The van der Waals surface area contributed by atoms with Gasteiger partial charge >= 0.3 is 21.6 Å². The van der Waals surface area contributed by atoms with Crippen molar-refractivity contribution >= 4 is 16.1 Å². The molecule has 1 aliphatic rings. The van der Waals surface area contributed by atoms with Crippen molar-refractivity contribution in [2.75, 3.05) is 7.11 Å². The summed E-state index contributed by atoms with van der Waals surface area (Å²) in [7, 11) is -4.55. The van der Waals surface area contributed by atoms with Crippen LogP contribution in [0.5, 0.6) is 5.75 Å². The van der Waals surface area contributed by atoms with Gasteiger partial charge in [-0.2, -0.15) is 21.6 Å². The van der Waals surface area contributed by atoms with Gasteiger partial charge in [0.2, 0.25) is 0 Å². The van der Waals surface area contributed by atoms with Crippen LogP contribution in [-0.4, -0.2) is 27.0 Å². The van der Waals surface area contributed by atoms with E-state index in [4.69, 9.17) is 0 Å². The Kier molecular flexibility index (Phi) is 4.37. The lowest BCUT2D eigenvalue weighted by Crippen LogP contribution is -2.28. The van der Waals surface area contributed by atoms with Crippen molar-refractivity contribution in [1.82, 2.24) is 0 Å². The van der Waals surface area contributed by atoms with E-state index in [1.807, 2.05) is 0 Å². The van der Waals surface area contributed by atoms with E-state index in [2.05, 4.69) is 8.92 Å². The average molecular weight is 338 g/mol. The zero-order valence-corrected chi connectivity index (χ0v) is 12.4. The molecule has 1 aliphatic carbocycles. The molecule has 1 aromatic rings. The largest absolute Gasteiger partial charge is 0.534 e. The highest BCUT2D eigenvalue weighted by Gasteiger charge is 2.49. The van der Waals surface area contributed by atoms with Gasteiger partial charge in [0.05, 0.1) is 12.7 Å². The highest BCUT2D eigenvalue weighted by molar-refractivity contribution is 7.88. The Bertz CT molecular complexity index is 694. The minimum atomic E-state index is -5.74. The van der Waals surface area contributed by atoms with Crippen molar-refractivity contribution in [2.45, 2.75) is 31.2 Å². The summed E-state index contributed by atoms with van der Waals surface area (Å²) in [5.41, 5.74) is -4.50. The van der Waals surface area contributed by atoms with Gasteiger partial charge in [0.1, 0.15) is 5.75 Å². The van der Waals surface area contributed by atoms with Gasteiger partial charge in [-0.3, -0.25) is 0 Å². The second-order valence-corrected chi connectivity index (χ2v) is 6.29. The predicted molar refractivity (Wildman–Crippen MR) is 70.0 cm³/mol. The van der Waals surface area contributed by atoms with Gasteiger partial charge in [0, 0.05) is 0 Å². The molecule has 5 nitrogen and oxygen atoms in total. The average Bonchev–Trinajstić information content (AvgIpc) is 2.45. The first-order chi connectivity index (χ1) is 10.2. The molecule has 0 radical (unpaired) electrons. The Labute approximate surface area is 125 Å². The van der Waals surface area contributed by atoms with Crippen molar-refractivity contribution in [2.24, 2.45) is 0 Å². The summed E-state index contributed by atoms with van der Waals surface area (Å²) in [6, 6.07) is 2.27. The molecule has 0 aliphatic heterocycles. The quantitative estimate of drug-likeness (QED) is 0.481. The van der Waals surface area contributed by atoms with Crippen LogP contribution in [-0.2, 0) is 27.7 Å². The molecule has 0 aromatic heterocycles. The van der Waals surface area contributed by atoms with Crippen molar-refractivity contribution in [3.63, 3.8) is 0 Å². The first kappa shape index (κ1) is 16.6. The number of benzene rings is 1. The smallest absolute Gasteiger partial charge is 0.465 e. The Morgan fingerprint density at radius 1 is 1.14 bits per heavy atom. The first-order valence-corrected chi connectivity index (χ1v) is 7.82. The number of esters is 1. The molecule has 0 unspecified atom stereocenters. The predicted octanol–water partition coefficient (Wildman–Crippen LogP) is 2.58. The fourth-order valence-corrected chi connectivity index (χ4v) is 2.87. The van der Waals surface area contributed by atoms with Gasteiger partial charge < -0.3 is 8.92 Å². The summed E-state index contributed by atoms with van der Waals surface area (Å²) in [4.78, 5) is 11.7. The molecule has 9 heteroatoms. The van der Waals surface area contributed by atoms with Crippen LogP contribution in [0.25, 0.3) is 0 Å². The van der Waals surface area contributed by atoms with Crippen molar-refractivity contribution in [3.8, 4) is 5.75 Å². The third kappa shape index (κ3) is 3.03. The second kappa shape index (κ2) is 5.79. The number of fused-ring (bicyclic) bond motifs is 1. The van der Waals surface area contributed by atoms with E-state index < -0.39 is 21.6 Å². The number of methoxy groups -OCH3 is 1. The Hall–Kier alpha value is -1.77. The third-order valence-electron chi connectivity index (χ3n) is 3.38. The minimum absolute atomic E-state index is 0.217. The molecule has 0 amide bonds. The molecule has 0 spiro atoms. The summed E-state index contributed by atoms with van der Waals surface area (Å²) in [5.74, 6) is -1.01. The fourth-order valence-electron chi connectivity index (χ4n) is 2.38. The molecule has 1 aromatic carbocycles. The van der Waals surface area contributed by atoms with Gasteiger partial charge in [0.25, 0.3) is 0 Å². The topological polar surface area (TPSA) is 69.7 Å². The molecule has 2 rings (SSSR count). The molecular weight excluding hydrogens is 325 g/mol. The highest BCUT2D eigenvalue weighted by atomic mass is 32.2. The molecule has 0 atom stereocenters. The van der Waals surface area contributed by atoms with Crippen LogP contribution in [0.15, 0.2) is 12.1 Å². The van der Waals surface area contributed by atoms with E-state index in [-0.39, 0.29) is 11.3 Å². The van der Waals surface area contributed by atoms with Crippen molar-refractivity contribution in [3.05, 3.63) is 28.8 Å². The minimum Gasteiger partial charge on any atom is -0.465 e. The highest BCUT2D eigenvalue weighted by Crippen LogP contribution is 2.35. The summed E-state index contributed by atoms with van der Waals surface area (Å²) in [6.07, 6.45) is 2.19. The van der Waals surface area contributed by atoms with Crippen LogP contribution >= 0.6 is 0 Å². The summed E-state index contributed by atoms with van der Waals surface area (Å²) in [6.45, 7) is 0. The molecule has 0 fully saturated rings. The van der Waals surface area contributed by atoms with E-state index in [1.165, 1.54) is 13.2 Å². The molecule has 0 heterocycles. The van der Waals surface area contributed by atoms with E-state index >= 15 is 0 Å². The van der Waals surface area contributed by atoms with Gasteiger partial charge in [-0.25, -0.2) is 4.79 Å². The number of hydrogen-bond acceptors (Lipinski definition) is 5. The standard InChI is InChI=1S/C13H13F3O5S/c1-20-12(17)10-6-7-11(9-5-3-2-4-8(9)10)21-22(18,19)13(14,15)16/h6-7H,2-5H2,1H3. The summed E-state index contributed by atoms with van der Waals surface area (Å²) >= 11 is 0. The van der Waals surface area contributed by atoms with Gasteiger partial charge in [0.15, 0.2) is 0 Å². The van der Waals surface area contributed by atoms with Gasteiger partial charge in [-0.05, 0) is 48.9 Å². The molecule has 122 valence electrons. The lowest BCUT2D eigenvalue weighted by molar-refractivity contribution is -0.0500.